The van der Waals surface area contributed by atoms with Crippen LogP contribution in [0.5, 0.6) is 0 Å². The van der Waals surface area contributed by atoms with Crippen molar-refractivity contribution in [1.82, 2.24) is 0 Å². The molecule has 1 amide bonds. The van der Waals surface area contributed by atoms with Gasteiger partial charge in [0.2, 0.25) is 5.22 Å². The van der Waals surface area contributed by atoms with Crippen LogP contribution in [0.25, 0.3) is 0 Å². The lowest BCUT2D eigenvalue weighted by molar-refractivity contribution is 0.102. The molecule has 1 heterocycles. The van der Waals surface area contributed by atoms with E-state index in [-0.39, 0.29) is 16.7 Å². The molecule has 5 nitrogen and oxygen atoms in total. The van der Waals surface area contributed by atoms with Crippen LogP contribution in [0, 0.1) is 0 Å². The smallest absolute Gasteiger partial charge is 0.260 e. The van der Waals surface area contributed by atoms with Gasteiger partial charge in [0.15, 0.2) is 0 Å². The lowest BCUT2D eigenvalue weighted by Crippen LogP contribution is -2.11. The predicted octanol–water partition coefficient (Wildman–Crippen LogP) is 3.38. The highest BCUT2D eigenvalue weighted by molar-refractivity contribution is 6.32. The third-order valence-electron chi connectivity index (χ3n) is 2.57. The van der Waals surface area contributed by atoms with Crippen LogP contribution in [0.3, 0.4) is 0 Å². The van der Waals surface area contributed by atoms with E-state index in [0.717, 1.165) is 5.56 Å². The SMILES string of the molecule is C/C(=N/O)c1ccc(NC(=O)c2ccoc2Cl)cc1. The summed E-state index contributed by atoms with van der Waals surface area (Å²) in [6, 6.07) is 8.38. The van der Waals surface area contributed by atoms with E-state index in [2.05, 4.69) is 10.5 Å². The molecular formula is C13H11ClN2O3. The maximum atomic E-state index is 11.9. The van der Waals surface area contributed by atoms with Crippen molar-refractivity contribution in [2.45, 2.75) is 6.92 Å². The van der Waals surface area contributed by atoms with Gasteiger partial charge in [0, 0.05) is 5.69 Å². The standard InChI is InChI=1S/C13H11ClN2O3/c1-8(16-18)9-2-4-10(5-3-9)15-13(17)11-6-7-19-12(11)14/h2-7,18H,1H3,(H,15,17)/b16-8-. The van der Waals surface area contributed by atoms with Crippen molar-refractivity contribution in [2.24, 2.45) is 5.16 Å². The summed E-state index contributed by atoms with van der Waals surface area (Å²) in [6.45, 7) is 1.68. The number of carbonyl (C=O) groups is 1. The molecule has 2 N–H and O–H groups in total. The summed E-state index contributed by atoms with van der Waals surface area (Å²) in [6.07, 6.45) is 1.35. The Hall–Kier alpha value is -2.27. The Morgan fingerprint density at radius 1 is 1.32 bits per heavy atom. The molecule has 98 valence electrons. The summed E-state index contributed by atoms with van der Waals surface area (Å²) in [5.41, 5.74) is 2.15. The van der Waals surface area contributed by atoms with Crippen molar-refractivity contribution in [2.75, 3.05) is 5.32 Å². The van der Waals surface area contributed by atoms with Gasteiger partial charge in [-0.3, -0.25) is 4.79 Å². The topological polar surface area (TPSA) is 74.8 Å². The lowest BCUT2D eigenvalue weighted by atomic mass is 10.1. The van der Waals surface area contributed by atoms with E-state index >= 15 is 0 Å². The number of rotatable bonds is 3. The quantitative estimate of drug-likeness (QED) is 0.513. The number of furan rings is 1. The normalized spacial score (nSPS) is 11.4. The molecule has 0 unspecified atom stereocenters. The number of benzene rings is 1. The van der Waals surface area contributed by atoms with Gasteiger partial charge in [0.05, 0.1) is 17.5 Å². The third-order valence-corrected chi connectivity index (χ3v) is 2.87. The number of hydrogen-bond acceptors (Lipinski definition) is 4. The molecule has 0 saturated carbocycles. The highest BCUT2D eigenvalue weighted by atomic mass is 35.5. The fourth-order valence-corrected chi connectivity index (χ4v) is 1.71. The molecule has 1 aromatic carbocycles. The fourth-order valence-electron chi connectivity index (χ4n) is 1.51. The molecule has 0 bridgehead atoms. The number of anilines is 1. The molecule has 0 spiro atoms. The van der Waals surface area contributed by atoms with Gasteiger partial charge in [0.1, 0.15) is 0 Å². The van der Waals surface area contributed by atoms with Crippen LogP contribution < -0.4 is 5.32 Å². The first kappa shape index (κ1) is 13.2. The summed E-state index contributed by atoms with van der Waals surface area (Å²) in [4.78, 5) is 11.9. The molecule has 2 rings (SSSR count). The van der Waals surface area contributed by atoms with Gasteiger partial charge in [-0.1, -0.05) is 17.3 Å². The van der Waals surface area contributed by atoms with Crippen LogP contribution in [0.1, 0.15) is 22.8 Å². The summed E-state index contributed by atoms with van der Waals surface area (Å²) in [5.74, 6) is -0.348. The van der Waals surface area contributed by atoms with Crippen molar-refractivity contribution in [1.29, 1.82) is 0 Å². The second-order valence-electron chi connectivity index (χ2n) is 3.82. The molecule has 19 heavy (non-hydrogen) atoms. The van der Waals surface area contributed by atoms with E-state index in [1.54, 1.807) is 31.2 Å². The molecule has 0 fully saturated rings. The molecule has 1 aromatic heterocycles. The maximum Gasteiger partial charge on any atom is 0.260 e. The van der Waals surface area contributed by atoms with Crippen LogP contribution in [0.4, 0.5) is 5.69 Å². The first-order valence-corrected chi connectivity index (χ1v) is 5.83. The molecule has 0 aliphatic rings. The van der Waals surface area contributed by atoms with Crippen molar-refractivity contribution in [3.8, 4) is 0 Å². The predicted molar refractivity (Wildman–Crippen MR) is 72.1 cm³/mol. The monoisotopic (exact) mass is 278 g/mol. The number of hydrogen-bond donors (Lipinski definition) is 2. The minimum Gasteiger partial charge on any atom is -0.452 e. The highest BCUT2D eigenvalue weighted by Crippen LogP contribution is 2.18. The van der Waals surface area contributed by atoms with Gasteiger partial charge < -0.3 is 14.9 Å². The molecular weight excluding hydrogens is 268 g/mol. The summed E-state index contributed by atoms with van der Waals surface area (Å²) in [7, 11) is 0. The van der Waals surface area contributed by atoms with Gasteiger partial charge in [-0.15, -0.1) is 0 Å². The van der Waals surface area contributed by atoms with E-state index in [1.165, 1.54) is 12.3 Å². The lowest BCUT2D eigenvalue weighted by Gasteiger charge is -2.05. The molecule has 0 aliphatic carbocycles. The number of halogens is 1. The van der Waals surface area contributed by atoms with Crippen molar-refractivity contribution < 1.29 is 14.4 Å². The average Bonchev–Trinajstić information content (AvgIpc) is 2.85. The Balaban J connectivity index is 2.12. The molecule has 0 aliphatic heterocycles. The summed E-state index contributed by atoms with van der Waals surface area (Å²) in [5, 5.41) is 14.5. The van der Waals surface area contributed by atoms with E-state index in [9.17, 15) is 4.79 Å². The number of nitrogens with zero attached hydrogens (tertiary/aromatic N) is 1. The van der Waals surface area contributed by atoms with Crippen LogP contribution >= 0.6 is 11.6 Å². The molecule has 6 heteroatoms. The molecule has 0 saturated heterocycles. The Morgan fingerprint density at radius 2 is 2.00 bits per heavy atom. The largest absolute Gasteiger partial charge is 0.452 e. The van der Waals surface area contributed by atoms with Gasteiger partial charge in [-0.25, -0.2) is 0 Å². The Labute approximate surface area is 114 Å². The zero-order valence-electron chi connectivity index (χ0n) is 10.1. The third kappa shape index (κ3) is 2.95. The minimum absolute atomic E-state index is 0.0531. The highest BCUT2D eigenvalue weighted by Gasteiger charge is 2.12. The Morgan fingerprint density at radius 3 is 2.53 bits per heavy atom. The van der Waals surface area contributed by atoms with E-state index in [0.29, 0.717) is 11.4 Å². The second-order valence-corrected chi connectivity index (χ2v) is 4.17. The van der Waals surface area contributed by atoms with Crippen LogP contribution in [-0.4, -0.2) is 16.8 Å². The number of carbonyl (C=O) groups excluding carboxylic acids is 1. The van der Waals surface area contributed by atoms with Crippen molar-refractivity contribution in [3.05, 3.63) is 52.9 Å². The van der Waals surface area contributed by atoms with Gasteiger partial charge in [-0.2, -0.15) is 0 Å². The summed E-state index contributed by atoms with van der Waals surface area (Å²) < 4.78 is 4.85. The van der Waals surface area contributed by atoms with Crippen molar-refractivity contribution in [3.63, 3.8) is 0 Å². The number of nitrogens with one attached hydrogen (secondary N) is 1. The minimum atomic E-state index is -0.348. The Kier molecular flexibility index (Phi) is 3.87. The maximum absolute atomic E-state index is 11.9. The summed E-state index contributed by atoms with van der Waals surface area (Å²) >= 11 is 5.72. The van der Waals surface area contributed by atoms with E-state index < -0.39 is 0 Å². The first-order chi connectivity index (χ1) is 9.11. The Bertz CT molecular complexity index is 617. The molecule has 0 radical (unpaired) electrons. The van der Waals surface area contributed by atoms with Gasteiger partial charge in [0.25, 0.3) is 5.91 Å². The fraction of sp³-hybridized carbons (Fsp3) is 0.0769. The second kappa shape index (κ2) is 5.58. The number of oxime groups is 1. The zero-order valence-corrected chi connectivity index (χ0v) is 10.8. The number of amides is 1. The first-order valence-electron chi connectivity index (χ1n) is 5.45. The van der Waals surface area contributed by atoms with Gasteiger partial charge >= 0.3 is 0 Å². The van der Waals surface area contributed by atoms with Crippen molar-refractivity contribution >= 4 is 28.9 Å². The average molecular weight is 279 g/mol. The molecule has 2 aromatic rings. The van der Waals surface area contributed by atoms with Crippen LogP contribution in [-0.2, 0) is 0 Å². The zero-order chi connectivity index (χ0) is 13.8. The molecule has 0 atom stereocenters. The van der Waals surface area contributed by atoms with Crippen LogP contribution in [0.2, 0.25) is 5.22 Å². The van der Waals surface area contributed by atoms with Gasteiger partial charge in [-0.05, 0) is 42.3 Å². The van der Waals surface area contributed by atoms with E-state index in [4.69, 9.17) is 21.2 Å². The van der Waals surface area contributed by atoms with E-state index in [1.807, 2.05) is 0 Å². The van der Waals surface area contributed by atoms with Crippen LogP contribution in [0.15, 0.2) is 46.2 Å².